The van der Waals surface area contributed by atoms with Crippen molar-refractivity contribution in [3.05, 3.63) is 70.5 Å². The highest BCUT2D eigenvalue weighted by Gasteiger charge is 2.12. The van der Waals surface area contributed by atoms with E-state index in [9.17, 15) is 4.39 Å². The predicted molar refractivity (Wildman–Crippen MR) is 87.1 cm³/mol. The van der Waals surface area contributed by atoms with Gasteiger partial charge in [0.15, 0.2) is 0 Å². The van der Waals surface area contributed by atoms with E-state index in [-0.39, 0.29) is 11.9 Å². The molecule has 2 aromatic carbocycles. The maximum Gasteiger partial charge on any atom is 0.126 e. The molecule has 1 atom stereocenters. The summed E-state index contributed by atoms with van der Waals surface area (Å²) in [4.78, 5) is 0. The first-order valence-electron chi connectivity index (χ1n) is 7.65. The van der Waals surface area contributed by atoms with Crippen molar-refractivity contribution in [3.8, 4) is 0 Å². The zero-order valence-corrected chi connectivity index (χ0v) is 13.1. The quantitative estimate of drug-likeness (QED) is 0.809. The Bertz CT molecular complexity index is 575. The van der Waals surface area contributed by atoms with Gasteiger partial charge in [0.05, 0.1) is 0 Å². The van der Waals surface area contributed by atoms with Crippen LogP contribution in [0.5, 0.6) is 0 Å². The molecule has 0 aliphatic heterocycles. The van der Waals surface area contributed by atoms with E-state index in [1.807, 2.05) is 12.1 Å². The lowest BCUT2D eigenvalue weighted by Gasteiger charge is -2.19. The van der Waals surface area contributed by atoms with Crippen LogP contribution in [0.3, 0.4) is 0 Å². The highest BCUT2D eigenvalue weighted by Crippen LogP contribution is 2.21. The summed E-state index contributed by atoms with van der Waals surface area (Å²) in [5.41, 5.74) is 4.35. The van der Waals surface area contributed by atoms with E-state index in [0.717, 1.165) is 24.9 Å². The van der Waals surface area contributed by atoms with Crippen molar-refractivity contribution in [1.82, 2.24) is 5.32 Å². The van der Waals surface area contributed by atoms with Gasteiger partial charge in [0.25, 0.3) is 0 Å². The van der Waals surface area contributed by atoms with Crippen LogP contribution >= 0.6 is 0 Å². The molecule has 0 aromatic heterocycles. The molecule has 112 valence electrons. The molecule has 0 spiro atoms. The summed E-state index contributed by atoms with van der Waals surface area (Å²) in [6.45, 7) is 6.87. The highest BCUT2D eigenvalue weighted by molar-refractivity contribution is 5.27. The summed E-state index contributed by atoms with van der Waals surface area (Å²) in [5, 5.41) is 3.46. The van der Waals surface area contributed by atoms with Crippen LogP contribution in [0.4, 0.5) is 4.39 Å². The lowest BCUT2D eigenvalue weighted by molar-refractivity contribution is 0.510. The zero-order valence-electron chi connectivity index (χ0n) is 13.1. The van der Waals surface area contributed by atoms with Crippen LogP contribution in [-0.4, -0.2) is 6.54 Å². The Morgan fingerprint density at radius 2 is 1.76 bits per heavy atom. The van der Waals surface area contributed by atoms with Crippen molar-refractivity contribution in [3.63, 3.8) is 0 Å². The predicted octanol–water partition coefficient (Wildman–Crippen LogP) is 4.73. The first kappa shape index (κ1) is 15.7. The molecule has 0 radical (unpaired) electrons. The Morgan fingerprint density at radius 1 is 1.05 bits per heavy atom. The van der Waals surface area contributed by atoms with Crippen LogP contribution in [0.25, 0.3) is 0 Å². The van der Waals surface area contributed by atoms with E-state index in [1.54, 1.807) is 13.0 Å². The molecule has 0 saturated carbocycles. The van der Waals surface area contributed by atoms with Gasteiger partial charge in [0.2, 0.25) is 0 Å². The maximum atomic E-state index is 13.8. The second kappa shape index (κ2) is 7.37. The first-order chi connectivity index (χ1) is 10.1. The van der Waals surface area contributed by atoms with Crippen LogP contribution in [0.2, 0.25) is 0 Å². The standard InChI is InChI=1S/C19H24FN/c1-4-21-19(17-11-7-15(3)18(20)13-17)12-10-16-8-5-14(2)6-9-16/h5-9,11,13,19,21H,4,10,12H2,1-3H3. The van der Waals surface area contributed by atoms with Gasteiger partial charge in [0.1, 0.15) is 5.82 Å². The normalized spacial score (nSPS) is 12.4. The molecule has 2 aromatic rings. The van der Waals surface area contributed by atoms with Crippen LogP contribution in [-0.2, 0) is 6.42 Å². The molecule has 21 heavy (non-hydrogen) atoms. The second-order valence-corrected chi connectivity index (χ2v) is 5.64. The summed E-state index contributed by atoms with van der Waals surface area (Å²) in [5.74, 6) is -0.120. The average Bonchev–Trinajstić information content (AvgIpc) is 2.48. The Balaban J connectivity index is 2.07. The smallest absolute Gasteiger partial charge is 0.126 e. The minimum atomic E-state index is -0.120. The molecule has 1 unspecified atom stereocenters. The van der Waals surface area contributed by atoms with Gasteiger partial charge in [-0.15, -0.1) is 0 Å². The van der Waals surface area contributed by atoms with E-state index in [0.29, 0.717) is 5.56 Å². The highest BCUT2D eigenvalue weighted by atomic mass is 19.1. The Labute approximate surface area is 127 Å². The molecule has 0 amide bonds. The lowest BCUT2D eigenvalue weighted by Crippen LogP contribution is -2.21. The number of halogens is 1. The zero-order chi connectivity index (χ0) is 15.2. The van der Waals surface area contributed by atoms with Crippen LogP contribution in [0.15, 0.2) is 42.5 Å². The number of hydrogen-bond acceptors (Lipinski definition) is 1. The van der Waals surface area contributed by atoms with E-state index < -0.39 is 0 Å². The molecule has 0 aliphatic rings. The molecule has 0 aliphatic carbocycles. The SMILES string of the molecule is CCNC(CCc1ccc(C)cc1)c1ccc(C)c(F)c1. The summed E-state index contributed by atoms with van der Waals surface area (Å²) in [6.07, 6.45) is 1.97. The van der Waals surface area contributed by atoms with Crippen molar-refractivity contribution in [2.24, 2.45) is 0 Å². The third kappa shape index (κ3) is 4.40. The molecule has 0 bridgehead atoms. The fourth-order valence-corrected chi connectivity index (χ4v) is 2.52. The van der Waals surface area contributed by atoms with E-state index in [1.165, 1.54) is 11.1 Å². The van der Waals surface area contributed by atoms with Crippen LogP contribution in [0.1, 0.15) is 41.6 Å². The van der Waals surface area contributed by atoms with Crippen molar-refractivity contribution >= 4 is 0 Å². The Kier molecular flexibility index (Phi) is 5.51. The lowest BCUT2D eigenvalue weighted by atomic mass is 9.97. The average molecular weight is 285 g/mol. The number of aryl methyl sites for hydroxylation is 3. The van der Waals surface area contributed by atoms with E-state index >= 15 is 0 Å². The Hall–Kier alpha value is -1.67. The molecule has 0 heterocycles. The number of hydrogen-bond donors (Lipinski definition) is 1. The molecule has 1 nitrogen and oxygen atoms in total. The van der Waals surface area contributed by atoms with Gasteiger partial charge in [-0.1, -0.05) is 48.9 Å². The number of benzene rings is 2. The van der Waals surface area contributed by atoms with E-state index in [2.05, 4.69) is 43.4 Å². The minimum absolute atomic E-state index is 0.120. The van der Waals surface area contributed by atoms with Gasteiger partial charge in [-0.25, -0.2) is 4.39 Å². The Morgan fingerprint density at radius 3 is 2.38 bits per heavy atom. The monoisotopic (exact) mass is 285 g/mol. The van der Waals surface area contributed by atoms with Gasteiger partial charge in [-0.2, -0.15) is 0 Å². The molecule has 0 saturated heterocycles. The van der Waals surface area contributed by atoms with Crippen LogP contribution in [0, 0.1) is 19.7 Å². The summed E-state index contributed by atoms with van der Waals surface area (Å²) >= 11 is 0. The molecule has 1 N–H and O–H groups in total. The third-order valence-corrected chi connectivity index (χ3v) is 3.89. The van der Waals surface area contributed by atoms with Gasteiger partial charge in [-0.05, 0) is 56.0 Å². The molecular formula is C19H24FN. The first-order valence-corrected chi connectivity index (χ1v) is 7.65. The number of nitrogens with one attached hydrogen (secondary N) is 1. The van der Waals surface area contributed by atoms with Gasteiger partial charge in [0, 0.05) is 6.04 Å². The van der Waals surface area contributed by atoms with Crippen molar-refractivity contribution in [2.75, 3.05) is 6.54 Å². The second-order valence-electron chi connectivity index (χ2n) is 5.64. The fourth-order valence-electron chi connectivity index (χ4n) is 2.52. The molecule has 2 heteroatoms. The van der Waals surface area contributed by atoms with Gasteiger partial charge < -0.3 is 5.32 Å². The molecule has 0 fully saturated rings. The minimum Gasteiger partial charge on any atom is -0.310 e. The topological polar surface area (TPSA) is 12.0 Å². The molecular weight excluding hydrogens is 261 g/mol. The third-order valence-electron chi connectivity index (χ3n) is 3.89. The van der Waals surface area contributed by atoms with Crippen molar-refractivity contribution < 1.29 is 4.39 Å². The fraction of sp³-hybridized carbons (Fsp3) is 0.368. The van der Waals surface area contributed by atoms with E-state index in [4.69, 9.17) is 0 Å². The summed E-state index contributed by atoms with van der Waals surface area (Å²) < 4.78 is 13.8. The van der Waals surface area contributed by atoms with Gasteiger partial charge >= 0.3 is 0 Å². The van der Waals surface area contributed by atoms with Crippen molar-refractivity contribution in [1.29, 1.82) is 0 Å². The maximum absolute atomic E-state index is 13.8. The summed E-state index contributed by atoms with van der Waals surface area (Å²) in [6, 6.07) is 14.4. The largest absolute Gasteiger partial charge is 0.310 e. The number of rotatable bonds is 6. The van der Waals surface area contributed by atoms with Crippen LogP contribution < -0.4 is 5.32 Å². The van der Waals surface area contributed by atoms with Gasteiger partial charge in [-0.3, -0.25) is 0 Å². The van der Waals surface area contributed by atoms with Crippen molar-refractivity contribution in [2.45, 2.75) is 39.7 Å². The molecule has 2 rings (SSSR count). The summed E-state index contributed by atoms with van der Waals surface area (Å²) in [7, 11) is 0.